The Balaban J connectivity index is 1.32. The standard InChI is InChI=1S/C23H37N3O3S/c1-20(2)24-13-15-25(16-14-24)22-8-17-29-23(18-22)9-11-26(12-10-23)30(27,28)19-21-6-4-3-5-7-21/h3-7,20,22H,8-19H2,1-2H3. The maximum atomic E-state index is 12.9. The lowest BCUT2D eigenvalue weighted by Gasteiger charge is -2.49. The number of nitrogens with zero attached hydrogens (tertiary/aromatic N) is 3. The summed E-state index contributed by atoms with van der Waals surface area (Å²) in [5.41, 5.74) is 0.712. The van der Waals surface area contributed by atoms with E-state index in [9.17, 15) is 8.42 Å². The molecule has 30 heavy (non-hydrogen) atoms. The molecule has 3 saturated heterocycles. The second-order valence-corrected chi connectivity index (χ2v) is 11.5. The van der Waals surface area contributed by atoms with E-state index in [2.05, 4.69) is 23.6 Å². The molecule has 0 bridgehead atoms. The molecule has 1 unspecified atom stereocenters. The summed E-state index contributed by atoms with van der Waals surface area (Å²) in [7, 11) is -3.28. The molecule has 0 N–H and O–H groups in total. The van der Waals surface area contributed by atoms with E-state index in [0.717, 1.165) is 64.0 Å². The predicted octanol–water partition coefficient (Wildman–Crippen LogP) is 2.56. The Morgan fingerprint density at radius 1 is 1.03 bits per heavy atom. The van der Waals surface area contributed by atoms with Crippen molar-refractivity contribution in [2.75, 3.05) is 45.9 Å². The lowest BCUT2D eigenvalue weighted by atomic mass is 9.82. The van der Waals surface area contributed by atoms with Gasteiger partial charge in [-0.25, -0.2) is 12.7 Å². The van der Waals surface area contributed by atoms with Gasteiger partial charge in [0.25, 0.3) is 0 Å². The SMILES string of the molecule is CC(C)N1CCN(C2CCOC3(CCN(S(=O)(=O)Cc4ccccc4)CC3)C2)CC1. The molecule has 1 aromatic carbocycles. The largest absolute Gasteiger partial charge is 0.375 e. The van der Waals surface area contributed by atoms with Crippen molar-refractivity contribution in [3.63, 3.8) is 0 Å². The average molecular weight is 436 g/mol. The third kappa shape index (κ3) is 5.07. The molecule has 1 atom stereocenters. The van der Waals surface area contributed by atoms with Crippen molar-refractivity contribution in [1.82, 2.24) is 14.1 Å². The summed E-state index contributed by atoms with van der Waals surface area (Å²) < 4.78 is 33.8. The zero-order valence-corrected chi connectivity index (χ0v) is 19.3. The third-order valence-corrected chi connectivity index (χ3v) is 9.13. The molecule has 3 aliphatic heterocycles. The van der Waals surface area contributed by atoms with E-state index in [1.165, 1.54) is 0 Å². The summed E-state index contributed by atoms with van der Waals surface area (Å²) in [6.07, 6.45) is 3.76. The van der Waals surface area contributed by atoms with Gasteiger partial charge in [-0.2, -0.15) is 0 Å². The van der Waals surface area contributed by atoms with Gasteiger partial charge in [0.2, 0.25) is 10.0 Å². The smallest absolute Gasteiger partial charge is 0.218 e. The molecule has 3 fully saturated rings. The maximum Gasteiger partial charge on any atom is 0.218 e. The number of hydrogen-bond acceptors (Lipinski definition) is 5. The van der Waals surface area contributed by atoms with Crippen molar-refractivity contribution in [1.29, 1.82) is 0 Å². The van der Waals surface area contributed by atoms with E-state index in [1.54, 1.807) is 4.31 Å². The van der Waals surface area contributed by atoms with Gasteiger partial charge in [0, 0.05) is 58.0 Å². The van der Waals surface area contributed by atoms with Crippen LogP contribution in [-0.2, 0) is 20.5 Å². The van der Waals surface area contributed by atoms with Crippen LogP contribution in [0.4, 0.5) is 0 Å². The molecule has 4 rings (SSSR count). The van der Waals surface area contributed by atoms with Crippen molar-refractivity contribution in [2.24, 2.45) is 0 Å². The number of hydrogen-bond donors (Lipinski definition) is 0. The molecule has 168 valence electrons. The lowest BCUT2D eigenvalue weighted by molar-refractivity contribution is -0.130. The highest BCUT2D eigenvalue weighted by Crippen LogP contribution is 2.38. The fourth-order valence-electron chi connectivity index (χ4n) is 5.33. The fraction of sp³-hybridized carbons (Fsp3) is 0.739. The molecule has 1 aromatic rings. The summed E-state index contributed by atoms with van der Waals surface area (Å²) in [5.74, 6) is 0.0877. The van der Waals surface area contributed by atoms with Crippen LogP contribution in [0.1, 0.15) is 45.1 Å². The molecule has 0 aromatic heterocycles. The molecule has 0 aliphatic carbocycles. The number of benzene rings is 1. The second-order valence-electron chi connectivity index (χ2n) is 9.48. The number of sulfonamides is 1. The van der Waals surface area contributed by atoms with Gasteiger partial charge < -0.3 is 4.74 Å². The van der Waals surface area contributed by atoms with Crippen molar-refractivity contribution in [2.45, 2.75) is 63.0 Å². The Labute approximate surface area is 182 Å². The zero-order valence-electron chi connectivity index (χ0n) is 18.5. The van der Waals surface area contributed by atoms with Crippen molar-refractivity contribution < 1.29 is 13.2 Å². The van der Waals surface area contributed by atoms with Gasteiger partial charge in [-0.05, 0) is 45.1 Å². The highest BCUT2D eigenvalue weighted by Gasteiger charge is 2.44. The second kappa shape index (κ2) is 9.25. The molecule has 1 spiro atoms. The highest BCUT2D eigenvalue weighted by molar-refractivity contribution is 7.88. The molecule has 0 radical (unpaired) electrons. The van der Waals surface area contributed by atoms with E-state index in [4.69, 9.17) is 4.74 Å². The summed E-state index contributed by atoms with van der Waals surface area (Å²) in [6, 6.07) is 10.7. The van der Waals surface area contributed by atoms with Gasteiger partial charge in [-0.1, -0.05) is 30.3 Å². The first-order chi connectivity index (χ1) is 14.4. The van der Waals surface area contributed by atoms with Crippen molar-refractivity contribution in [3.05, 3.63) is 35.9 Å². The van der Waals surface area contributed by atoms with E-state index in [1.807, 2.05) is 30.3 Å². The summed E-state index contributed by atoms with van der Waals surface area (Å²) in [6.45, 7) is 11.1. The summed E-state index contributed by atoms with van der Waals surface area (Å²) in [5, 5.41) is 0. The van der Waals surface area contributed by atoms with Gasteiger partial charge >= 0.3 is 0 Å². The zero-order chi connectivity index (χ0) is 21.2. The monoisotopic (exact) mass is 435 g/mol. The Morgan fingerprint density at radius 2 is 1.70 bits per heavy atom. The normalized spacial score (nSPS) is 27.0. The van der Waals surface area contributed by atoms with Crippen LogP contribution >= 0.6 is 0 Å². The van der Waals surface area contributed by atoms with Crippen LogP contribution in [0, 0.1) is 0 Å². The molecular formula is C23H37N3O3S. The summed E-state index contributed by atoms with van der Waals surface area (Å²) >= 11 is 0. The first-order valence-electron chi connectivity index (χ1n) is 11.5. The predicted molar refractivity (Wildman–Crippen MR) is 120 cm³/mol. The van der Waals surface area contributed by atoms with E-state index >= 15 is 0 Å². The van der Waals surface area contributed by atoms with Crippen LogP contribution < -0.4 is 0 Å². The number of piperazine rings is 1. The third-order valence-electron chi connectivity index (χ3n) is 7.28. The first-order valence-corrected chi connectivity index (χ1v) is 13.1. The van der Waals surface area contributed by atoms with E-state index < -0.39 is 10.0 Å². The van der Waals surface area contributed by atoms with Crippen LogP contribution in [0.15, 0.2) is 30.3 Å². The van der Waals surface area contributed by atoms with Gasteiger partial charge in [0.05, 0.1) is 11.4 Å². The minimum atomic E-state index is -3.28. The maximum absolute atomic E-state index is 12.9. The summed E-state index contributed by atoms with van der Waals surface area (Å²) in [4.78, 5) is 5.21. The van der Waals surface area contributed by atoms with Gasteiger partial charge in [-0.3, -0.25) is 9.80 Å². The van der Waals surface area contributed by atoms with Gasteiger partial charge in [0.15, 0.2) is 0 Å². The minimum Gasteiger partial charge on any atom is -0.375 e. The topological polar surface area (TPSA) is 53.1 Å². The molecule has 7 heteroatoms. The molecule has 3 heterocycles. The Morgan fingerprint density at radius 3 is 2.33 bits per heavy atom. The molecular weight excluding hydrogens is 398 g/mol. The Hall–Kier alpha value is -0.990. The van der Waals surface area contributed by atoms with Crippen LogP contribution in [0.5, 0.6) is 0 Å². The molecule has 0 amide bonds. The molecule has 6 nitrogen and oxygen atoms in total. The lowest BCUT2D eigenvalue weighted by Crippen LogP contribution is -2.58. The Kier molecular flexibility index (Phi) is 6.85. The quantitative estimate of drug-likeness (QED) is 0.712. The van der Waals surface area contributed by atoms with Crippen molar-refractivity contribution >= 4 is 10.0 Å². The van der Waals surface area contributed by atoms with Crippen LogP contribution in [-0.4, -0.2) is 86.1 Å². The Bertz CT molecular complexity index is 783. The number of rotatable bonds is 5. The van der Waals surface area contributed by atoms with E-state index in [-0.39, 0.29) is 11.4 Å². The number of ether oxygens (including phenoxy) is 1. The van der Waals surface area contributed by atoms with Crippen molar-refractivity contribution in [3.8, 4) is 0 Å². The first kappa shape index (κ1) is 22.2. The molecule has 3 aliphatic rings. The van der Waals surface area contributed by atoms with Gasteiger partial charge in [0.1, 0.15) is 0 Å². The number of piperidine rings is 1. The molecule has 0 saturated carbocycles. The van der Waals surface area contributed by atoms with E-state index in [0.29, 0.717) is 25.2 Å². The highest BCUT2D eigenvalue weighted by atomic mass is 32.2. The van der Waals surface area contributed by atoms with Crippen LogP contribution in [0.2, 0.25) is 0 Å². The fourth-order valence-corrected chi connectivity index (χ4v) is 6.86. The average Bonchev–Trinajstić information content (AvgIpc) is 2.74. The van der Waals surface area contributed by atoms with Crippen LogP contribution in [0.3, 0.4) is 0 Å². The minimum absolute atomic E-state index is 0.0877. The van der Waals surface area contributed by atoms with Gasteiger partial charge in [-0.15, -0.1) is 0 Å². The van der Waals surface area contributed by atoms with Crippen LogP contribution in [0.25, 0.3) is 0 Å².